The predicted octanol–water partition coefficient (Wildman–Crippen LogP) is 3.33. The molecule has 5 rings (SSSR count). The number of fused-ring (bicyclic) bond motifs is 1. The minimum atomic E-state index is -0.450. The van der Waals surface area contributed by atoms with Gasteiger partial charge in [-0.15, -0.1) is 0 Å². The molecule has 1 fully saturated rings. The fourth-order valence-electron chi connectivity index (χ4n) is 3.84. The first-order valence-corrected chi connectivity index (χ1v) is 12.4. The van der Waals surface area contributed by atoms with Gasteiger partial charge < -0.3 is 15.2 Å². The maximum atomic E-state index is 12.4. The number of rotatable bonds is 8. The molecule has 2 aromatic heterocycles. The van der Waals surface area contributed by atoms with Crippen LogP contribution in [0.1, 0.15) is 17.1 Å². The fraction of sp³-hybridized carbons (Fsp3) is 0.154. The number of thioether (sulfide) groups is 1. The maximum absolute atomic E-state index is 12.4. The van der Waals surface area contributed by atoms with Crippen molar-refractivity contribution < 1.29 is 9.59 Å². The quantitative estimate of drug-likeness (QED) is 0.303. The van der Waals surface area contributed by atoms with Crippen molar-refractivity contribution in [3.63, 3.8) is 0 Å². The van der Waals surface area contributed by atoms with E-state index in [1.165, 1.54) is 0 Å². The average Bonchev–Trinajstić information content (AvgIpc) is 3.20. The molecule has 0 bridgehead atoms. The van der Waals surface area contributed by atoms with Gasteiger partial charge in [0.25, 0.3) is 16.7 Å². The van der Waals surface area contributed by atoms with Crippen LogP contribution in [0.25, 0.3) is 17.0 Å². The van der Waals surface area contributed by atoms with Crippen molar-refractivity contribution in [1.29, 1.82) is 0 Å². The Morgan fingerprint density at radius 3 is 2.57 bits per heavy atom. The summed E-state index contributed by atoms with van der Waals surface area (Å²) >= 11 is 0.834. The second-order valence-electron chi connectivity index (χ2n) is 8.38. The highest BCUT2D eigenvalue weighted by molar-refractivity contribution is 8.18. The summed E-state index contributed by atoms with van der Waals surface area (Å²) in [4.78, 5) is 54.7. The molecule has 1 aliphatic rings. The van der Waals surface area contributed by atoms with E-state index in [4.69, 9.17) is 0 Å². The zero-order valence-corrected chi connectivity index (χ0v) is 20.7. The smallest absolute Gasteiger partial charge is 0.290 e. The number of para-hydroxylation sites is 1. The number of anilines is 2. The number of imide groups is 1. The van der Waals surface area contributed by atoms with Crippen molar-refractivity contribution in [2.75, 3.05) is 23.8 Å². The van der Waals surface area contributed by atoms with Crippen molar-refractivity contribution in [2.24, 2.45) is 0 Å². The van der Waals surface area contributed by atoms with Crippen LogP contribution in [0.4, 0.5) is 16.6 Å². The molecule has 0 atom stereocenters. The number of hydrogen-bond donors (Lipinski definition) is 3. The zero-order valence-electron chi connectivity index (χ0n) is 19.9. The summed E-state index contributed by atoms with van der Waals surface area (Å²) in [5.74, 6) is 1.09. The number of amides is 2. The van der Waals surface area contributed by atoms with Gasteiger partial charge in [0.05, 0.1) is 21.5 Å². The first-order chi connectivity index (χ1) is 17.9. The van der Waals surface area contributed by atoms with Crippen LogP contribution < -0.4 is 21.1 Å². The average molecular weight is 514 g/mol. The first kappa shape index (κ1) is 24.2. The third-order valence-corrected chi connectivity index (χ3v) is 6.42. The molecule has 0 saturated carbocycles. The Labute approximate surface area is 216 Å². The van der Waals surface area contributed by atoms with Crippen molar-refractivity contribution in [3.8, 4) is 0 Å². The Bertz CT molecular complexity index is 1570. The number of carbonyl (C=O) groups excluding carboxylic acids is 2. The van der Waals surface area contributed by atoms with Crippen LogP contribution in [-0.2, 0) is 17.8 Å². The number of aromatic amines is 1. The van der Waals surface area contributed by atoms with Crippen molar-refractivity contribution >= 4 is 51.7 Å². The summed E-state index contributed by atoms with van der Waals surface area (Å²) in [7, 11) is 1.92. The van der Waals surface area contributed by atoms with Crippen LogP contribution in [0.3, 0.4) is 0 Å². The largest absolute Gasteiger partial charge is 0.355 e. The van der Waals surface area contributed by atoms with Gasteiger partial charge in [0, 0.05) is 32.6 Å². The molecule has 0 unspecified atom stereocenters. The van der Waals surface area contributed by atoms with Crippen molar-refractivity contribution in [3.05, 3.63) is 93.0 Å². The van der Waals surface area contributed by atoms with Crippen LogP contribution >= 0.6 is 11.8 Å². The van der Waals surface area contributed by atoms with E-state index >= 15 is 0 Å². The molecule has 2 amide bonds. The predicted molar refractivity (Wildman–Crippen MR) is 144 cm³/mol. The van der Waals surface area contributed by atoms with Gasteiger partial charge in [0.1, 0.15) is 11.6 Å². The summed E-state index contributed by atoms with van der Waals surface area (Å²) in [6.45, 7) is 1.03. The van der Waals surface area contributed by atoms with Gasteiger partial charge in [-0.3, -0.25) is 19.7 Å². The van der Waals surface area contributed by atoms with Gasteiger partial charge >= 0.3 is 0 Å². The van der Waals surface area contributed by atoms with Crippen LogP contribution in [0.2, 0.25) is 0 Å². The highest BCUT2D eigenvalue weighted by Crippen LogP contribution is 2.26. The highest BCUT2D eigenvalue weighted by atomic mass is 32.2. The summed E-state index contributed by atoms with van der Waals surface area (Å²) in [6.07, 6.45) is 2.01. The lowest BCUT2D eigenvalue weighted by Gasteiger charge is -2.19. The number of benzene rings is 2. The summed E-state index contributed by atoms with van der Waals surface area (Å²) in [6, 6.07) is 18.9. The van der Waals surface area contributed by atoms with E-state index in [9.17, 15) is 14.4 Å². The number of H-pyrrole nitrogens is 1. The van der Waals surface area contributed by atoms with Gasteiger partial charge in [-0.05, 0) is 35.5 Å². The molecule has 3 heterocycles. The Morgan fingerprint density at radius 1 is 1.00 bits per heavy atom. The number of hydrogen-bond acceptors (Lipinski definition) is 9. The van der Waals surface area contributed by atoms with E-state index in [0.717, 1.165) is 17.3 Å². The van der Waals surface area contributed by atoms with E-state index in [0.29, 0.717) is 53.7 Å². The fourth-order valence-corrected chi connectivity index (χ4v) is 4.51. The van der Waals surface area contributed by atoms with Gasteiger partial charge in [-0.1, -0.05) is 42.5 Å². The molecule has 11 heteroatoms. The maximum Gasteiger partial charge on any atom is 0.290 e. The first-order valence-electron chi connectivity index (χ1n) is 11.6. The molecular formula is C26H23N7O3S. The molecule has 0 aliphatic carbocycles. The second-order valence-corrected chi connectivity index (χ2v) is 9.39. The summed E-state index contributed by atoms with van der Waals surface area (Å²) < 4.78 is 0. The number of nitrogens with zero attached hydrogens (tertiary/aromatic N) is 4. The summed E-state index contributed by atoms with van der Waals surface area (Å²) in [5.41, 5.74) is 2.05. The lowest BCUT2D eigenvalue weighted by molar-refractivity contribution is -0.115. The Balaban J connectivity index is 1.38. The molecule has 2 aromatic carbocycles. The van der Waals surface area contributed by atoms with Crippen LogP contribution in [0.5, 0.6) is 0 Å². The Hall–Kier alpha value is -4.51. The van der Waals surface area contributed by atoms with E-state index in [2.05, 4.69) is 30.6 Å². The molecule has 1 aliphatic heterocycles. The molecule has 0 spiro atoms. The standard InChI is InChI=1S/C26H23N7O3S/c1-33(15-16-7-3-2-4-8-16)22-14-17(13-20-24(35)32-26(36)37-20)28-25(31-22)27-12-11-21-29-19-10-6-5-9-18(19)23(34)30-21/h2-10,13-14H,11-12,15H2,1H3,(H,27,28,31)(H,29,30,34)(H,32,35,36). The highest BCUT2D eigenvalue weighted by Gasteiger charge is 2.25. The number of carbonyl (C=O) groups is 2. The topological polar surface area (TPSA) is 133 Å². The Kier molecular flexibility index (Phi) is 6.95. The molecule has 186 valence electrons. The monoisotopic (exact) mass is 513 g/mol. The van der Waals surface area contributed by atoms with Crippen LogP contribution in [-0.4, -0.2) is 44.7 Å². The van der Waals surface area contributed by atoms with E-state index < -0.39 is 11.1 Å². The van der Waals surface area contributed by atoms with Gasteiger partial charge in [-0.25, -0.2) is 9.97 Å². The van der Waals surface area contributed by atoms with Gasteiger partial charge in [0.2, 0.25) is 5.95 Å². The lowest BCUT2D eigenvalue weighted by Crippen LogP contribution is -2.20. The van der Waals surface area contributed by atoms with E-state index in [1.807, 2.05) is 48.3 Å². The third kappa shape index (κ3) is 5.84. The summed E-state index contributed by atoms with van der Waals surface area (Å²) in [5, 5.41) is 5.57. The minimum Gasteiger partial charge on any atom is -0.355 e. The normalized spacial score (nSPS) is 14.2. The third-order valence-electron chi connectivity index (χ3n) is 5.61. The second kappa shape index (κ2) is 10.6. The van der Waals surface area contributed by atoms with Crippen molar-refractivity contribution in [1.82, 2.24) is 25.3 Å². The van der Waals surface area contributed by atoms with Crippen molar-refractivity contribution in [2.45, 2.75) is 13.0 Å². The molecule has 10 nitrogen and oxygen atoms in total. The van der Waals surface area contributed by atoms with Crippen LogP contribution in [0.15, 0.2) is 70.4 Å². The Morgan fingerprint density at radius 2 is 1.78 bits per heavy atom. The minimum absolute atomic E-state index is 0.183. The van der Waals surface area contributed by atoms with E-state index in [-0.39, 0.29) is 10.5 Å². The lowest BCUT2D eigenvalue weighted by atomic mass is 10.2. The molecule has 37 heavy (non-hydrogen) atoms. The molecular weight excluding hydrogens is 490 g/mol. The SMILES string of the molecule is CN(Cc1ccccc1)c1cc(C=C2SC(=O)NC2=O)nc(NCCc2nc3ccccc3c(=O)[nH]2)n1. The molecule has 1 saturated heterocycles. The van der Waals surface area contributed by atoms with Gasteiger partial charge in [0.15, 0.2) is 0 Å². The zero-order chi connectivity index (χ0) is 25.8. The molecule has 4 aromatic rings. The number of aromatic nitrogens is 4. The molecule has 0 radical (unpaired) electrons. The molecule has 3 N–H and O–H groups in total. The van der Waals surface area contributed by atoms with E-state index in [1.54, 1.807) is 30.3 Å². The van der Waals surface area contributed by atoms with Crippen LogP contribution in [0, 0.1) is 0 Å². The number of nitrogens with one attached hydrogen (secondary N) is 3. The van der Waals surface area contributed by atoms with Gasteiger partial charge in [-0.2, -0.15) is 4.98 Å².